The van der Waals surface area contributed by atoms with E-state index in [2.05, 4.69) is 5.32 Å². The van der Waals surface area contributed by atoms with E-state index in [-0.39, 0.29) is 30.5 Å². The number of aromatic nitrogens is 1. The van der Waals surface area contributed by atoms with E-state index in [9.17, 15) is 14.7 Å². The minimum Gasteiger partial charge on any atom is -0.386 e. The summed E-state index contributed by atoms with van der Waals surface area (Å²) in [5.74, 6) is -0.279. The van der Waals surface area contributed by atoms with E-state index in [1.807, 2.05) is 0 Å². The summed E-state index contributed by atoms with van der Waals surface area (Å²) in [6, 6.07) is 0. The van der Waals surface area contributed by atoms with Crippen molar-refractivity contribution >= 4 is 17.2 Å². The van der Waals surface area contributed by atoms with Crippen LogP contribution in [0.15, 0.2) is 10.2 Å². The third kappa shape index (κ3) is 2.98. The van der Waals surface area contributed by atoms with E-state index >= 15 is 0 Å². The van der Waals surface area contributed by atoms with Crippen molar-refractivity contribution in [1.82, 2.24) is 9.88 Å². The van der Waals surface area contributed by atoms with Crippen LogP contribution in [-0.2, 0) is 16.1 Å². The number of ether oxygens (including phenoxy) is 1. The molecule has 0 bridgehead atoms. The lowest BCUT2D eigenvalue weighted by atomic mass is 10.0. The van der Waals surface area contributed by atoms with Crippen LogP contribution in [0, 0.1) is 6.92 Å². The van der Waals surface area contributed by atoms with Crippen LogP contribution in [0.1, 0.15) is 12.1 Å². The molecule has 1 aliphatic rings. The van der Waals surface area contributed by atoms with Crippen molar-refractivity contribution in [2.24, 2.45) is 0 Å². The molecule has 1 fully saturated rings. The molecular weight excluding hydrogens is 256 g/mol. The zero-order valence-corrected chi connectivity index (χ0v) is 11.0. The molecular formula is C11H16N2O4S. The fraction of sp³-hybridized carbons (Fsp3) is 0.636. The molecule has 1 saturated heterocycles. The molecule has 1 aromatic heterocycles. The predicted molar refractivity (Wildman–Crippen MR) is 66.7 cm³/mol. The largest absolute Gasteiger partial charge is 0.386 e. The molecule has 2 N–H and O–H groups in total. The second-order valence-electron chi connectivity index (χ2n) is 4.53. The Bertz CT molecular complexity index is 487. The SMILES string of the molecule is Cc1csc(=O)n1CC(=O)NCC1(O)CCOC1. The monoisotopic (exact) mass is 272 g/mol. The molecule has 2 heterocycles. The molecule has 0 saturated carbocycles. The number of nitrogens with one attached hydrogen (secondary N) is 1. The zero-order chi connectivity index (χ0) is 13.2. The highest BCUT2D eigenvalue weighted by atomic mass is 32.1. The number of carbonyl (C=O) groups excluding carboxylic acids is 1. The molecule has 0 radical (unpaired) electrons. The third-order valence-electron chi connectivity index (χ3n) is 2.98. The first kappa shape index (κ1) is 13.3. The van der Waals surface area contributed by atoms with Gasteiger partial charge in [0.25, 0.3) is 0 Å². The maximum Gasteiger partial charge on any atom is 0.307 e. The second-order valence-corrected chi connectivity index (χ2v) is 5.35. The van der Waals surface area contributed by atoms with Gasteiger partial charge in [0.15, 0.2) is 0 Å². The van der Waals surface area contributed by atoms with Crippen LogP contribution >= 0.6 is 11.3 Å². The number of nitrogens with zero attached hydrogens (tertiary/aromatic N) is 1. The number of amides is 1. The molecule has 7 heteroatoms. The number of carbonyl (C=O) groups is 1. The highest BCUT2D eigenvalue weighted by Crippen LogP contribution is 2.16. The van der Waals surface area contributed by atoms with Crippen LogP contribution in [-0.4, -0.2) is 40.9 Å². The third-order valence-corrected chi connectivity index (χ3v) is 3.86. The summed E-state index contributed by atoms with van der Waals surface area (Å²) in [5.41, 5.74) is -0.201. The van der Waals surface area contributed by atoms with Crippen LogP contribution < -0.4 is 10.2 Å². The van der Waals surface area contributed by atoms with Gasteiger partial charge in [-0.3, -0.25) is 14.2 Å². The number of rotatable bonds is 4. The average molecular weight is 272 g/mol. The van der Waals surface area contributed by atoms with Gasteiger partial charge < -0.3 is 15.2 Å². The van der Waals surface area contributed by atoms with Crippen molar-refractivity contribution in [2.45, 2.75) is 25.5 Å². The van der Waals surface area contributed by atoms with Gasteiger partial charge in [-0.05, 0) is 6.92 Å². The predicted octanol–water partition coefficient (Wildman–Crippen LogP) is -0.514. The van der Waals surface area contributed by atoms with Gasteiger partial charge in [-0.2, -0.15) is 0 Å². The van der Waals surface area contributed by atoms with Crippen molar-refractivity contribution in [3.05, 3.63) is 20.7 Å². The van der Waals surface area contributed by atoms with Crippen molar-refractivity contribution in [3.63, 3.8) is 0 Å². The van der Waals surface area contributed by atoms with E-state index < -0.39 is 5.60 Å². The Kier molecular flexibility index (Phi) is 3.84. The van der Waals surface area contributed by atoms with Crippen LogP contribution in [0.25, 0.3) is 0 Å². The van der Waals surface area contributed by atoms with E-state index in [0.29, 0.717) is 13.0 Å². The molecule has 0 aliphatic carbocycles. The standard InChI is InChI=1S/C11H16N2O4S/c1-8-5-18-10(15)13(8)4-9(14)12-6-11(16)2-3-17-7-11/h5,16H,2-4,6-7H2,1H3,(H,12,14). The van der Waals surface area contributed by atoms with E-state index in [4.69, 9.17) is 4.74 Å². The lowest BCUT2D eigenvalue weighted by Crippen LogP contribution is -2.44. The van der Waals surface area contributed by atoms with Gasteiger partial charge in [0.05, 0.1) is 6.61 Å². The smallest absolute Gasteiger partial charge is 0.307 e. The number of aliphatic hydroxyl groups is 1. The number of hydrogen-bond acceptors (Lipinski definition) is 5. The van der Waals surface area contributed by atoms with Crippen LogP contribution in [0.4, 0.5) is 0 Å². The Balaban J connectivity index is 1.88. The maximum atomic E-state index is 11.7. The average Bonchev–Trinajstić information content (AvgIpc) is 2.89. The molecule has 1 unspecified atom stereocenters. The van der Waals surface area contributed by atoms with Gasteiger partial charge in [-0.15, -0.1) is 0 Å². The summed E-state index contributed by atoms with van der Waals surface area (Å²) in [4.78, 5) is 23.0. The first-order chi connectivity index (χ1) is 8.50. The summed E-state index contributed by atoms with van der Waals surface area (Å²) >= 11 is 1.07. The summed E-state index contributed by atoms with van der Waals surface area (Å²) in [7, 11) is 0. The van der Waals surface area contributed by atoms with Gasteiger partial charge in [0.2, 0.25) is 5.91 Å². The van der Waals surface area contributed by atoms with Crippen molar-refractivity contribution in [3.8, 4) is 0 Å². The molecule has 1 atom stereocenters. The molecule has 0 aromatic carbocycles. The highest BCUT2D eigenvalue weighted by Gasteiger charge is 2.32. The first-order valence-corrected chi connectivity index (χ1v) is 6.60. The topological polar surface area (TPSA) is 80.6 Å². The molecule has 0 spiro atoms. The van der Waals surface area contributed by atoms with Gasteiger partial charge in [0.1, 0.15) is 12.1 Å². The van der Waals surface area contributed by atoms with Gasteiger partial charge in [-0.25, -0.2) is 0 Å². The fourth-order valence-corrected chi connectivity index (χ4v) is 2.53. The van der Waals surface area contributed by atoms with Gasteiger partial charge in [-0.1, -0.05) is 11.3 Å². The Hall–Kier alpha value is -1.18. The Morgan fingerprint density at radius 2 is 2.50 bits per heavy atom. The van der Waals surface area contributed by atoms with Crippen LogP contribution in [0.3, 0.4) is 0 Å². The molecule has 6 nitrogen and oxygen atoms in total. The lowest BCUT2D eigenvalue weighted by molar-refractivity contribution is -0.123. The Labute approximate surface area is 108 Å². The quantitative estimate of drug-likeness (QED) is 0.773. The summed E-state index contributed by atoms with van der Waals surface area (Å²) in [6.07, 6.45) is 0.519. The molecule has 1 aromatic rings. The zero-order valence-electron chi connectivity index (χ0n) is 10.1. The summed E-state index contributed by atoms with van der Waals surface area (Å²) < 4.78 is 6.49. The Morgan fingerprint density at radius 3 is 3.06 bits per heavy atom. The highest BCUT2D eigenvalue weighted by molar-refractivity contribution is 7.07. The van der Waals surface area contributed by atoms with Crippen molar-refractivity contribution in [1.29, 1.82) is 0 Å². The minimum atomic E-state index is -0.968. The normalized spacial score (nSPS) is 23.2. The van der Waals surface area contributed by atoms with Crippen LogP contribution in [0.2, 0.25) is 0 Å². The fourth-order valence-electron chi connectivity index (χ4n) is 1.79. The van der Waals surface area contributed by atoms with Crippen molar-refractivity contribution < 1.29 is 14.6 Å². The summed E-state index contributed by atoms with van der Waals surface area (Å²) in [5, 5.41) is 14.3. The van der Waals surface area contributed by atoms with Crippen LogP contribution in [0.5, 0.6) is 0 Å². The van der Waals surface area contributed by atoms with E-state index in [0.717, 1.165) is 17.0 Å². The van der Waals surface area contributed by atoms with Gasteiger partial charge in [0, 0.05) is 30.6 Å². The molecule has 18 heavy (non-hydrogen) atoms. The number of thiazole rings is 1. The van der Waals surface area contributed by atoms with Crippen molar-refractivity contribution in [2.75, 3.05) is 19.8 Å². The first-order valence-electron chi connectivity index (χ1n) is 5.72. The molecule has 1 aliphatic heterocycles. The number of aryl methyl sites for hydroxylation is 1. The Morgan fingerprint density at radius 1 is 1.72 bits per heavy atom. The van der Waals surface area contributed by atoms with E-state index in [1.54, 1.807) is 12.3 Å². The maximum absolute atomic E-state index is 11.7. The number of hydrogen-bond donors (Lipinski definition) is 2. The molecule has 2 rings (SSSR count). The lowest BCUT2D eigenvalue weighted by Gasteiger charge is -2.20. The molecule has 1 amide bonds. The minimum absolute atomic E-state index is 0.00883. The molecule has 100 valence electrons. The van der Waals surface area contributed by atoms with E-state index in [1.165, 1.54) is 4.57 Å². The summed E-state index contributed by atoms with van der Waals surface area (Å²) in [6.45, 7) is 2.68. The second kappa shape index (κ2) is 5.21. The van der Waals surface area contributed by atoms with Gasteiger partial charge >= 0.3 is 4.87 Å².